The van der Waals surface area contributed by atoms with Crippen molar-refractivity contribution in [1.82, 2.24) is 0 Å². The fourth-order valence-corrected chi connectivity index (χ4v) is 6.46. The SMILES string of the molecule is COc1ccc(/C=N/OCC(=O)O)cc1OCCO[C@H]1O[C@@H]2O[C@@]3(C)CCC4[C@H](C)CC[C@@H]([C@H]1C)[C@]42OO3. The van der Waals surface area contributed by atoms with Crippen LogP contribution < -0.4 is 9.47 Å². The molecule has 1 aliphatic carbocycles. The van der Waals surface area contributed by atoms with Gasteiger partial charge >= 0.3 is 5.97 Å². The molecule has 1 unspecified atom stereocenters. The summed E-state index contributed by atoms with van der Waals surface area (Å²) in [6, 6.07) is 5.23. The molecule has 1 N–H and O–H groups in total. The summed E-state index contributed by atoms with van der Waals surface area (Å²) in [4.78, 5) is 27.3. The Balaban J connectivity index is 1.21. The highest BCUT2D eigenvalue weighted by Gasteiger charge is 2.69. The van der Waals surface area contributed by atoms with E-state index in [1.165, 1.54) is 6.21 Å². The lowest BCUT2D eigenvalue weighted by atomic mass is 9.58. The average Bonchev–Trinajstić information content (AvgIpc) is 3.13. The van der Waals surface area contributed by atoms with E-state index in [4.69, 9.17) is 43.4 Å². The number of hydrogen-bond donors (Lipinski definition) is 1. The van der Waals surface area contributed by atoms with Crippen molar-refractivity contribution in [2.45, 2.75) is 70.4 Å². The Morgan fingerprint density at radius 2 is 2.00 bits per heavy atom. The molecule has 1 spiro atoms. The highest BCUT2D eigenvalue weighted by Crippen LogP contribution is 2.60. The van der Waals surface area contributed by atoms with Gasteiger partial charge < -0.3 is 33.6 Å². The molecule has 4 heterocycles. The number of fused-ring (bicyclic) bond motifs is 2. The molecule has 1 aromatic carbocycles. The molecule has 1 saturated carbocycles. The second kappa shape index (κ2) is 11.0. The number of carboxylic acids is 1. The number of rotatable bonds is 10. The molecule has 4 aliphatic heterocycles. The van der Waals surface area contributed by atoms with Gasteiger partial charge in [0.1, 0.15) is 6.61 Å². The summed E-state index contributed by atoms with van der Waals surface area (Å²) in [6.07, 6.45) is 4.27. The summed E-state index contributed by atoms with van der Waals surface area (Å²) in [7, 11) is 1.56. The Labute approximate surface area is 222 Å². The van der Waals surface area contributed by atoms with Gasteiger partial charge in [-0.05, 0) is 56.2 Å². The Kier molecular flexibility index (Phi) is 7.84. The van der Waals surface area contributed by atoms with Crippen LogP contribution in [0.2, 0.25) is 0 Å². The quantitative estimate of drug-likeness (QED) is 0.205. The molecule has 0 aromatic heterocycles. The van der Waals surface area contributed by atoms with Crippen molar-refractivity contribution < 1.29 is 48.2 Å². The fourth-order valence-electron chi connectivity index (χ4n) is 6.46. The van der Waals surface area contributed by atoms with Gasteiger partial charge in [-0.25, -0.2) is 14.6 Å². The lowest BCUT2D eigenvalue weighted by molar-refractivity contribution is -0.577. The lowest BCUT2D eigenvalue weighted by Crippen LogP contribution is -2.70. The minimum absolute atomic E-state index is 0.0794. The van der Waals surface area contributed by atoms with Gasteiger partial charge in [-0.3, -0.25) is 0 Å². The largest absolute Gasteiger partial charge is 0.493 e. The monoisotopic (exact) mass is 535 g/mol. The van der Waals surface area contributed by atoms with Crippen LogP contribution in [0, 0.1) is 23.7 Å². The molecular weight excluding hydrogens is 498 g/mol. The van der Waals surface area contributed by atoms with E-state index in [9.17, 15) is 4.79 Å². The van der Waals surface area contributed by atoms with Crippen molar-refractivity contribution in [2.75, 3.05) is 26.9 Å². The van der Waals surface area contributed by atoms with Crippen molar-refractivity contribution in [3.8, 4) is 11.5 Å². The van der Waals surface area contributed by atoms with Gasteiger partial charge in [0, 0.05) is 23.8 Å². The highest BCUT2D eigenvalue weighted by atomic mass is 17.3. The van der Waals surface area contributed by atoms with Crippen LogP contribution in [-0.2, 0) is 33.6 Å². The molecule has 4 saturated heterocycles. The maximum Gasteiger partial charge on any atom is 0.344 e. The van der Waals surface area contributed by atoms with Gasteiger partial charge in [0.15, 0.2) is 29.7 Å². The number of aliphatic carboxylic acids is 1. The molecule has 11 heteroatoms. The number of methoxy groups -OCH3 is 1. The van der Waals surface area contributed by atoms with Gasteiger partial charge in [-0.2, -0.15) is 0 Å². The normalized spacial score (nSPS) is 37.9. The Morgan fingerprint density at radius 1 is 1.16 bits per heavy atom. The molecule has 210 valence electrons. The summed E-state index contributed by atoms with van der Waals surface area (Å²) in [5, 5.41) is 12.3. The van der Waals surface area contributed by atoms with Gasteiger partial charge in [0.25, 0.3) is 0 Å². The molecule has 11 nitrogen and oxygen atoms in total. The topological polar surface area (TPSA) is 124 Å². The lowest BCUT2D eigenvalue weighted by Gasteiger charge is -2.60. The third-order valence-electron chi connectivity index (χ3n) is 8.37. The van der Waals surface area contributed by atoms with Crippen molar-refractivity contribution >= 4 is 12.2 Å². The minimum atomic E-state index is -1.10. The number of oxime groups is 1. The van der Waals surface area contributed by atoms with Crippen LogP contribution in [0.1, 0.15) is 52.0 Å². The third kappa shape index (κ3) is 5.10. The predicted octanol–water partition coefficient (Wildman–Crippen LogP) is 3.73. The summed E-state index contributed by atoms with van der Waals surface area (Å²) >= 11 is 0. The summed E-state index contributed by atoms with van der Waals surface area (Å²) in [6.45, 7) is 6.39. The number of nitrogens with zero attached hydrogens (tertiary/aromatic N) is 1. The van der Waals surface area contributed by atoms with Gasteiger partial charge in [-0.1, -0.05) is 19.0 Å². The summed E-state index contributed by atoms with van der Waals surface area (Å²) < 4.78 is 30.4. The Morgan fingerprint density at radius 3 is 2.79 bits per heavy atom. The Hall–Kier alpha value is -2.44. The first-order chi connectivity index (χ1) is 18.3. The van der Waals surface area contributed by atoms with E-state index in [1.54, 1.807) is 25.3 Å². The predicted molar refractivity (Wildman–Crippen MR) is 132 cm³/mol. The molecule has 0 radical (unpaired) electrons. The average molecular weight is 536 g/mol. The molecule has 0 amide bonds. The van der Waals surface area contributed by atoms with Crippen molar-refractivity contribution in [1.29, 1.82) is 0 Å². The van der Waals surface area contributed by atoms with Gasteiger partial charge in [0.05, 0.1) is 19.9 Å². The van der Waals surface area contributed by atoms with Crippen LogP contribution in [0.5, 0.6) is 11.5 Å². The van der Waals surface area contributed by atoms with E-state index in [-0.39, 0.29) is 18.4 Å². The van der Waals surface area contributed by atoms with Gasteiger partial charge in [0.2, 0.25) is 12.4 Å². The maximum absolute atomic E-state index is 10.6. The van der Waals surface area contributed by atoms with Crippen LogP contribution in [0.3, 0.4) is 0 Å². The first kappa shape index (κ1) is 27.1. The van der Waals surface area contributed by atoms with E-state index in [0.717, 1.165) is 25.7 Å². The summed E-state index contributed by atoms with van der Waals surface area (Å²) in [5.74, 6) is 0.206. The molecule has 6 rings (SSSR count). The number of ether oxygens (including phenoxy) is 5. The van der Waals surface area contributed by atoms with E-state index in [2.05, 4.69) is 19.0 Å². The van der Waals surface area contributed by atoms with Crippen LogP contribution in [0.25, 0.3) is 0 Å². The second-order valence-corrected chi connectivity index (χ2v) is 10.8. The molecular formula is C27H37NO10. The second-order valence-electron chi connectivity index (χ2n) is 10.8. The van der Waals surface area contributed by atoms with E-state index >= 15 is 0 Å². The summed E-state index contributed by atoms with van der Waals surface area (Å²) in [5.41, 5.74) is 0.0477. The zero-order valence-corrected chi connectivity index (χ0v) is 22.3. The van der Waals surface area contributed by atoms with Crippen molar-refractivity contribution in [3.05, 3.63) is 23.8 Å². The van der Waals surface area contributed by atoms with Crippen LogP contribution in [-0.4, -0.2) is 68.2 Å². The first-order valence-electron chi connectivity index (χ1n) is 13.3. The van der Waals surface area contributed by atoms with E-state index < -0.39 is 36.5 Å². The number of benzene rings is 1. The smallest absolute Gasteiger partial charge is 0.344 e. The zero-order valence-electron chi connectivity index (χ0n) is 22.3. The molecule has 1 aromatic rings. The maximum atomic E-state index is 10.6. The first-order valence-corrected chi connectivity index (χ1v) is 13.3. The number of carboxylic acid groups (broad SMARTS) is 1. The standard InChI is InChI=1S/C27H37NO10/c1-16-5-7-20-17(2)24(35-25-27(20)19(16)9-10-26(3,36-25)37-38-27)33-12-11-32-22-13-18(6-8-21(22)31-4)14-28-34-15-23(29)30/h6,8,13-14,16-17,19-20,24-25H,5,7,9-12,15H2,1-4H3,(H,29,30)/b28-14+/t16-,17-,19?,20+,24+,25-,26-,27-/m1/s1. The number of hydrogen-bond acceptors (Lipinski definition) is 10. The molecule has 2 bridgehead atoms. The Bertz CT molecular complexity index is 1040. The van der Waals surface area contributed by atoms with Crippen molar-refractivity contribution in [3.63, 3.8) is 0 Å². The van der Waals surface area contributed by atoms with Crippen molar-refractivity contribution in [2.24, 2.45) is 28.8 Å². The molecule has 8 atom stereocenters. The molecule has 38 heavy (non-hydrogen) atoms. The van der Waals surface area contributed by atoms with Crippen LogP contribution in [0.15, 0.2) is 23.4 Å². The molecule has 5 fully saturated rings. The van der Waals surface area contributed by atoms with Gasteiger partial charge in [-0.15, -0.1) is 0 Å². The third-order valence-corrected chi connectivity index (χ3v) is 8.37. The minimum Gasteiger partial charge on any atom is -0.493 e. The van der Waals surface area contributed by atoms with E-state index in [0.29, 0.717) is 35.5 Å². The molecule has 5 aliphatic rings. The van der Waals surface area contributed by atoms with E-state index in [1.807, 2.05) is 6.92 Å². The highest BCUT2D eigenvalue weighted by molar-refractivity contribution is 5.80. The zero-order chi connectivity index (χ0) is 26.9. The number of carbonyl (C=O) groups is 1. The van der Waals surface area contributed by atoms with Crippen LogP contribution >= 0.6 is 0 Å². The fraction of sp³-hybridized carbons (Fsp3) is 0.704. The van der Waals surface area contributed by atoms with Crippen LogP contribution in [0.4, 0.5) is 0 Å².